The van der Waals surface area contributed by atoms with Gasteiger partial charge in [0.15, 0.2) is 0 Å². The molecule has 0 saturated heterocycles. The van der Waals surface area contributed by atoms with Crippen LogP contribution in [0, 0.1) is 12.8 Å². The lowest BCUT2D eigenvalue weighted by molar-refractivity contribution is -0.125. The Bertz CT molecular complexity index is 697. The number of nitrogens with zero attached hydrogens (tertiary/aromatic N) is 1. The van der Waals surface area contributed by atoms with E-state index in [1.54, 1.807) is 11.3 Å². The number of nitrogens with two attached hydrogens (primary N) is 1. The zero-order chi connectivity index (χ0) is 16.4. The monoisotopic (exact) mass is 367 g/mol. The van der Waals surface area contributed by atoms with E-state index in [0.717, 1.165) is 16.3 Å². The van der Waals surface area contributed by atoms with Crippen LogP contribution in [0.4, 0.5) is 0 Å². The van der Waals surface area contributed by atoms with Crippen molar-refractivity contribution in [2.24, 2.45) is 11.7 Å². The average Bonchev–Trinajstić information content (AvgIpc) is 3.12. The fraction of sp³-hybridized carbons (Fsp3) is 0.412. The van der Waals surface area contributed by atoms with Gasteiger partial charge in [-0.2, -0.15) is 0 Å². The summed E-state index contributed by atoms with van der Waals surface area (Å²) in [6.07, 6.45) is 0.412. The summed E-state index contributed by atoms with van der Waals surface area (Å²) in [5.74, 6) is -0.253. The van der Waals surface area contributed by atoms with Crippen molar-refractivity contribution in [1.82, 2.24) is 10.3 Å². The van der Waals surface area contributed by atoms with E-state index < -0.39 is 6.10 Å². The Morgan fingerprint density at radius 3 is 2.92 bits per heavy atom. The van der Waals surface area contributed by atoms with Crippen molar-refractivity contribution in [1.29, 1.82) is 0 Å². The Morgan fingerprint density at radius 1 is 1.46 bits per heavy atom. The van der Waals surface area contributed by atoms with E-state index in [9.17, 15) is 9.90 Å². The van der Waals surface area contributed by atoms with Gasteiger partial charge in [0.2, 0.25) is 5.91 Å². The van der Waals surface area contributed by atoms with Crippen LogP contribution in [0.25, 0.3) is 10.6 Å². The van der Waals surface area contributed by atoms with E-state index in [0.29, 0.717) is 19.4 Å². The van der Waals surface area contributed by atoms with Crippen molar-refractivity contribution in [3.8, 4) is 10.6 Å². The number of thiazole rings is 1. The van der Waals surface area contributed by atoms with Gasteiger partial charge in [0, 0.05) is 22.9 Å². The van der Waals surface area contributed by atoms with Crippen molar-refractivity contribution >= 4 is 29.7 Å². The molecule has 0 bridgehead atoms. The Morgan fingerprint density at radius 2 is 2.25 bits per heavy atom. The highest BCUT2D eigenvalue weighted by Gasteiger charge is 2.34. The first-order valence-electron chi connectivity index (χ1n) is 7.75. The lowest BCUT2D eigenvalue weighted by Gasteiger charge is -2.09. The first-order valence-corrected chi connectivity index (χ1v) is 8.63. The van der Waals surface area contributed by atoms with Gasteiger partial charge in [0.05, 0.1) is 18.3 Å². The lowest BCUT2D eigenvalue weighted by Crippen LogP contribution is -2.30. The lowest BCUT2D eigenvalue weighted by atomic mass is 10.1. The Hall–Kier alpha value is -1.47. The predicted octanol–water partition coefficient (Wildman–Crippen LogP) is 2.25. The molecular weight excluding hydrogens is 346 g/mol. The third-order valence-corrected chi connectivity index (χ3v) is 5.15. The van der Waals surface area contributed by atoms with E-state index in [4.69, 9.17) is 5.73 Å². The summed E-state index contributed by atoms with van der Waals surface area (Å²) in [5.41, 5.74) is 8.90. The van der Waals surface area contributed by atoms with Crippen LogP contribution in [-0.4, -0.2) is 28.1 Å². The zero-order valence-electron chi connectivity index (χ0n) is 13.4. The maximum absolute atomic E-state index is 12.1. The molecule has 0 spiro atoms. The topological polar surface area (TPSA) is 88.2 Å². The fourth-order valence-corrected chi connectivity index (χ4v) is 3.70. The number of rotatable bonds is 4. The highest BCUT2D eigenvalue weighted by molar-refractivity contribution is 7.13. The number of aryl methyl sites for hydroxylation is 1. The molecule has 0 unspecified atom stereocenters. The quantitative estimate of drug-likeness (QED) is 0.773. The molecule has 3 atom stereocenters. The van der Waals surface area contributed by atoms with Crippen LogP contribution in [0.1, 0.15) is 24.1 Å². The second-order valence-electron chi connectivity index (χ2n) is 6.13. The van der Waals surface area contributed by atoms with Crippen LogP contribution in [0.5, 0.6) is 0 Å². The molecule has 7 heteroatoms. The van der Waals surface area contributed by atoms with Crippen molar-refractivity contribution in [3.05, 3.63) is 40.9 Å². The number of aliphatic hydroxyl groups is 1. The number of hydrogen-bond acceptors (Lipinski definition) is 5. The van der Waals surface area contributed by atoms with Gasteiger partial charge in [-0.05, 0) is 25.8 Å². The SMILES string of the molecule is Cc1cccc(-c2nc(CNC(=O)[C@H]3C[C@@H](N)[C@H](O)C3)cs2)c1.Cl. The number of hydrogen-bond donors (Lipinski definition) is 3. The molecule has 1 aromatic heterocycles. The van der Waals surface area contributed by atoms with Crippen LogP contribution in [0.3, 0.4) is 0 Å². The minimum atomic E-state index is -0.571. The molecule has 24 heavy (non-hydrogen) atoms. The molecule has 4 N–H and O–H groups in total. The zero-order valence-corrected chi connectivity index (χ0v) is 15.1. The number of aliphatic hydroxyl groups excluding tert-OH is 1. The molecule has 5 nitrogen and oxygen atoms in total. The van der Waals surface area contributed by atoms with Gasteiger partial charge in [-0.1, -0.05) is 23.8 Å². The highest BCUT2D eigenvalue weighted by atomic mass is 35.5. The summed E-state index contributed by atoms with van der Waals surface area (Å²) in [4.78, 5) is 16.7. The van der Waals surface area contributed by atoms with E-state index in [-0.39, 0.29) is 30.3 Å². The molecule has 1 heterocycles. The van der Waals surface area contributed by atoms with Gasteiger partial charge in [-0.3, -0.25) is 4.79 Å². The molecule has 1 saturated carbocycles. The average molecular weight is 368 g/mol. The number of carbonyl (C=O) groups is 1. The molecule has 3 rings (SSSR count). The smallest absolute Gasteiger partial charge is 0.223 e. The molecule has 1 amide bonds. The van der Waals surface area contributed by atoms with E-state index in [2.05, 4.69) is 29.4 Å². The molecule has 1 fully saturated rings. The number of carbonyl (C=O) groups excluding carboxylic acids is 1. The maximum Gasteiger partial charge on any atom is 0.223 e. The van der Waals surface area contributed by atoms with Gasteiger partial charge < -0.3 is 16.2 Å². The van der Waals surface area contributed by atoms with E-state index in [1.165, 1.54) is 5.56 Å². The van der Waals surface area contributed by atoms with E-state index >= 15 is 0 Å². The van der Waals surface area contributed by atoms with Crippen LogP contribution < -0.4 is 11.1 Å². The second kappa shape index (κ2) is 8.07. The maximum atomic E-state index is 12.1. The highest BCUT2D eigenvalue weighted by Crippen LogP contribution is 2.26. The minimum absolute atomic E-state index is 0. The summed E-state index contributed by atoms with van der Waals surface area (Å²) < 4.78 is 0. The summed E-state index contributed by atoms with van der Waals surface area (Å²) in [5, 5.41) is 15.5. The van der Waals surface area contributed by atoms with Crippen LogP contribution >= 0.6 is 23.7 Å². The van der Waals surface area contributed by atoms with Crippen molar-refractivity contribution in [2.45, 2.75) is 38.5 Å². The van der Waals surface area contributed by atoms with Gasteiger partial charge in [-0.25, -0.2) is 4.98 Å². The molecule has 0 radical (unpaired) electrons. The minimum Gasteiger partial charge on any atom is -0.391 e. The van der Waals surface area contributed by atoms with Crippen LogP contribution in [0.15, 0.2) is 29.6 Å². The van der Waals surface area contributed by atoms with Gasteiger partial charge >= 0.3 is 0 Å². The fourth-order valence-electron chi connectivity index (χ4n) is 2.88. The number of nitrogens with one attached hydrogen (secondary N) is 1. The first kappa shape index (κ1) is 18.9. The standard InChI is InChI=1S/C17H21N3O2S.ClH/c1-10-3-2-4-11(5-10)17-20-13(9-23-17)8-19-16(22)12-6-14(18)15(21)7-12;/h2-5,9,12,14-15,21H,6-8,18H2,1H3,(H,19,22);1H/t12-,14+,15+;/m0./s1. The van der Waals surface area contributed by atoms with Crippen LogP contribution in [0.2, 0.25) is 0 Å². The number of amides is 1. The van der Waals surface area contributed by atoms with Crippen LogP contribution in [-0.2, 0) is 11.3 Å². The third kappa shape index (κ3) is 4.33. The molecule has 1 aliphatic rings. The van der Waals surface area contributed by atoms with Gasteiger partial charge in [0.1, 0.15) is 5.01 Å². The largest absolute Gasteiger partial charge is 0.391 e. The van der Waals surface area contributed by atoms with E-state index in [1.807, 2.05) is 17.5 Å². The number of benzene rings is 1. The van der Waals surface area contributed by atoms with Crippen molar-refractivity contribution in [3.63, 3.8) is 0 Å². The molecule has 1 aliphatic carbocycles. The Labute approximate surface area is 151 Å². The third-order valence-electron chi connectivity index (χ3n) is 4.21. The molecule has 130 valence electrons. The first-order chi connectivity index (χ1) is 11.0. The summed E-state index contributed by atoms with van der Waals surface area (Å²) in [6, 6.07) is 7.91. The molecule has 2 aromatic rings. The summed E-state index contributed by atoms with van der Waals surface area (Å²) in [6.45, 7) is 2.46. The summed E-state index contributed by atoms with van der Waals surface area (Å²) in [7, 11) is 0. The Balaban J connectivity index is 0.00000208. The molecule has 0 aliphatic heterocycles. The summed E-state index contributed by atoms with van der Waals surface area (Å²) >= 11 is 1.57. The predicted molar refractivity (Wildman–Crippen MR) is 98.1 cm³/mol. The molecular formula is C17H22ClN3O2S. The van der Waals surface area contributed by atoms with Crippen molar-refractivity contribution < 1.29 is 9.90 Å². The van der Waals surface area contributed by atoms with Crippen molar-refractivity contribution in [2.75, 3.05) is 0 Å². The number of halogens is 1. The normalized spacial score (nSPS) is 22.9. The molecule has 1 aromatic carbocycles. The Kier molecular flexibility index (Phi) is 6.34. The van der Waals surface area contributed by atoms with Gasteiger partial charge in [0.25, 0.3) is 0 Å². The second-order valence-corrected chi connectivity index (χ2v) is 6.99. The van der Waals surface area contributed by atoms with Gasteiger partial charge in [-0.15, -0.1) is 23.7 Å². The number of aromatic nitrogens is 1.